The highest BCUT2D eigenvalue weighted by molar-refractivity contribution is 5.26. The van der Waals surface area contributed by atoms with Crippen LogP contribution in [0.15, 0.2) is 6.07 Å². The van der Waals surface area contributed by atoms with E-state index in [0.29, 0.717) is 0 Å². The van der Waals surface area contributed by atoms with Gasteiger partial charge in [0.15, 0.2) is 0 Å². The second-order valence-electron chi connectivity index (χ2n) is 6.47. The van der Waals surface area contributed by atoms with Crippen molar-refractivity contribution in [1.82, 2.24) is 14.8 Å². The lowest BCUT2D eigenvalue weighted by atomic mass is 10.0. The van der Waals surface area contributed by atoms with Crippen molar-refractivity contribution in [1.29, 1.82) is 0 Å². The molecule has 0 aliphatic carbocycles. The Morgan fingerprint density at radius 2 is 1.90 bits per heavy atom. The minimum atomic E-state index is 0.182. The highest BCUT2D eigenvalue weighted by Gasteiger charge is 2.27. The molecule has 0 saturated carbocycles. The van der Waals surface area contributed by atoms with Crippen LogP contribution in [0.5, 0.6) is 0 Å². The normalized spacial score (nSPS) is 17.6. The van der Waals surface area contributed by atoms with E-state index in [2.05, 4.69) is 55.6 Å². The van der Waals surface area contributed by atoms with E-state index in [-0.39, 0.29) is 5.54 Å². The predicted octanol–water partition coefficient (Wildman–Crippen LogP) is 1.84. The second-order valence-corrected chi connectivity index (χ2v) is 6.47. The zero-order chi connectivity index (χ0) is 14.8. The number of morpholine rings is 1. The number of aromatic nitrogens is 1. The molecule has 1 aliphatic heterocycles. The molecule has 0 spiro atoms. The van der Waals surface area contributed by atoms with Gasteiger partial charge in [-0.15, -0.1) is 0 Å². The molecule has 0 atom stereocenters. The number of nitrogens with one attached hydrogen (secondary N) is 1. The first-order valence-electron chi connectivity index (χ1n) is 7.57. The van der Waals surface area contributed by atoms with Gasteiger partial charge < -0.3 is 14.6 Å². The summed E-state index contributed by atoms with van der Waals surface area (Å²) < 4.78 is 7.69. The first kappa shape index (κ1) is 15.5. The quantitative estimate of drug-likeness (QED) is 0.892. The monoisotopic (exact) mass is 279 g/mol. The van der Waals surface area contributed by atoms with Gasteiger partial charge in [0, 0.05) is 50.2 Å². The van der Waals surface area contributed by atoms with Gasteiger partial charge in [-0.3, -0.25) is 4.90 Å². The van der Waals surface area contributed by atoms with E-state index in [1.807, 2.05) is 0 Å². The Bertz CT molecular complexity index is 445. The first-order chi connectivity index (χ1) is 9.42. The Hall–Kier alpha value is -0.840. The average Bonchev–Trinajstić information content (AvgIpc) is 2.67. The van der Waals surface area contributed by atoms with Crippen molar-refractivity contribution in [2.45, 2.75) is 39.8 Å². The largest absolute Gasteiger partial charge is 0.379 e. The molecule has 0 unspecified atom stereocenters. The second kappa shape index (κ2) is 6.29. The number of hydrogen-bond donors (Lipinski definition) is 1. The summed E-state index contributed by atoms with van der Waals surface area (Å²) in [6, 6.07) is 2.28. The number of rotatable bonds is 5. The van der Waals surface area contributed by atoms with Crippen LogP contribution in [0.4, 0.5) is 0 Å². The van der Waals surface area contributed by atoms with Crippen molar-refractivity contribution in [3.63, 3.8) is 0 Å². The predicted molar refractivity (Wildman–Crippen MR) is 83.1 cm³/mol. The third-order valence-electron chi connectivity index (χ3n) is 4.62. The van der Waals surface area contributed by atoms with Crippen LogP contribution in [0.3, 0.4) is 0 Å². The van der Waals surface area contributed by atoms with Gasteiger partial charge in [0.2, 0.25) is 0 Å². The summed E-state index contributed by atoms with van der Waals surface area (Å²) in [7, 11) is 2.13. The minimum Gasteiger partial charge on any atom is -0.379 e. The summed E-state index contributed by atoms with van der Waals surface area (Å²) in [6.45, 7) is 14.7. The van der Waals surface area contributed by atoms with Gasteiger partial charge in [0.25, 0.3) is 0 Å². The van der Waals surface area contributed by atoms with Crippen molar-refractivity contribution in [2.24, 2.45) is 7.05 Å². The summed E-state index contributed by atoms with van der Waals surface area (Å²) in [5.74, 6) is 0. The fourth-order valence-corrected chi connectivity index (χ4v) is 2.90. The lowest BCUT2D eigenvalue weighted by Gasteiger charge is -2.41. The Kier molecular flexibility index (Phi) is 4.89. The first-order valence-corrected chi connectivity index (χ1v) is 7.57. The number of nitrogens with zero attached hydrogens (tertiary/aromatic N) is 2. The summed E-state index contributed by atoms with van der Waals surface area (Å²) in [5.41, 5.74) is 4.27. The molecule has 4 nitrogen and oxygen atoms in total. The molecule has 1 fully saturated rings. The third-order valence-corrected chi connectivity index (χ3v) is 4.62. The van der Waals surface area contributed by atoms with Crippen LogP contribution in [-0.4, -0.2) is 47.9 Å². The fraction of sp³-hybridized carbons (Fsp3) is 0.750. The summed E-state index contributed by atoms with van der Waals surface area (Å²) in [5, 5.41) is 3.62. The molecule has 2 heterocycles. The SMILES string of the molecule is Cc1cc(CNCC(C)(C)N2CCOCC2)c(C)n1C. The van der Waals surface area contributed by atoms with Crippen LogP contribution in [0.2, 0.25) is 0 Å². The molecule has 1 aromatic heterocycles. The van der Waals surface area contributed by atoms with Crippen LogP contribution < -0.4 is 5.32 Å². The maximum absolute atomic E-state index is 5.44. The molecule has 0 bridgehead atoms. The average molecular weight is 279 g/mol. The van der Waals surface area contributed by atoms with E-state index in [4.69, 9.17) is 4.74 Å². The molecule has 20 heavy (non-hydrogen) atoms. The smallest absolute Gasteiger partial charge is 0.0594 e. The maximum Gasteiger partial charge on any atom is 0.0594 e. The minimum absolute atomic E-state index is 0.182. The Morgan fingerprint density at radius 3 is 2.45 bits per heavy atom. The number of hydrogen-bond acceptors (Lipinski definition) is 3. The van der Waals surface area contributed by atoms with Gasteiger partial charge in [-0.1, -0.05) is 0 Å². The fourth-order valence-electron chi connectivity index (χ4n) is 2.90. The molecule has 114 valence electrons. The van der Waals surface area contributed by atoms with Crippen molar-refractivity contribution in [3.05, 3.63) is 23.0 Å². The molecule has 1 aliphatic rings. The Morgan fingerprint density at radius 1 is 1.25 bits per heavy atom. The van der Waals surface area contributed by atoms with Crippen LogP contribution in [0, 0.1) is 13.8 Å². The van der Waals surface area contributed by atoms with E-state index in [1.165, 1.54) is 17.0 Å². The topological polar surface area (TPSA) is 29.4 Å². The zero-order valence-electron chi connectivity index (χ0n) is 13.6. The standard InChI is InChI=1S/C16H29N3O/c1-13-10-15(14(2)18(13)5)11-17-12-16(3,4)19-6-8-20-9-7-19/h10,17H,6-9,11-12H2,1-5H3. The molecule has 0 amide bonds. The van der Waals surface area contributed by atoms with Gasteiger partial charge >= 0.3 is 0 Å². The van der Waals surface area contributed by atoms with E-state index in [0.717, 1.165) is 39.4 Å². The number of ether oxygens (including phenoxy) is 1. The molecule has 0 radical (unpaired) electrons. The Labute approximate surface area is 123 Å². The summed E-state index contributed by atoms with van der Waals surface area (Å²) >= 11 is 0. The summed E-state index contributed by atoms with van der Waals surface area (Å²) in [6.07, 6.45) is 0. The number of aryl methyl sites for hydroxylation is 1. The molecular weight excluding hydrogens is 250 g/mol. The summed E-state index contributed by atoms with van der Waals surface area (Å²) in [4.78, 5) is 2.52. The molecule has 4 heteroatoms. The van der Waals surface area contributed by atoms with Crippen LogP contribution in [0.25, 0.3) is 0 Å². The van der Waals surface area contributed by atoms with Crippen LogP contribution in [-0.2, 0) is 18.3 Å². The van der Waals surface area contributed by atoms with Gasteiger partial charge in [-0.25, -0.2) is 0 Å². The molecular formula is C16H29N3O. The highest BCUT2D eigenvalue weighted by Crippen LogP contribution is 2.16. The maximum atomic E-state index is 5.44. The zero-order valence-corrected chi connectivity index (χ0v) is 13.6. The van der Waals surface area contributed by atoms with Gasteiger partial charge in [0.05, 0.1) is 13.2 Å². The van der Waals surface area contributed by atoms with E-state index in [1.54, 1.807) is 0 Å². The lowest BCUT2D eigenvalue weighted by molar-refractivity contribution is -0.00967. The van der Waals surface area contributed by atoms with Crippen molar-refractivity contribution >= 4 is 0 Å². The highest BCUT2D eigenvalue weighted by atomic mass is 16.5. The van der Waals surface area contributed by atoms with E-state index < -0.39 is 0 Å². The third kappa shape index (κ3) is 3.43. The van der Waals surface area contributed by atoms with Crippen molar-refractivity contribution in [2.75, 3.05) is 32.8 Å². The molecule has 2 rings (SSSR count). The Balaban J connectivity index is 1.86. The van der Waals surface area contributed by atoms with E-state index >= 15 is 0 Å². The van der Waals surface area contributed by atoms with Gasteiger partial charge in [-0.05, 0) is 39.3 Å². The van der Waals surface area contributed by atoms with Crippen molar-refractivity contribution in [3.8, 4) is 0 Å². The molecule has 1 N–H and O–H groups in total. The molecule has 0 aromatic carbocycles. The van der Waals surface area contributed by atoms with Crippen LogP contribution >= 0.6 is 0 Å². The van der Waals surface area contributed by atoms with Gasteiger partial charge in [-0.2, -0.15) is 0 Å². The van der Waals surface area contributed by atoms with Gasteiger partial charge in [0.1, 0.15) is 0 Å². The molecule has 1 aromatic rings. The van der Waals surface area contributed by atoms with Crippen molar-refractivity contribution < 1.29 is 4.74 Å². The van der Waals surface area contributed by atoms with Crippen LogP contribution in [0.1, 0.15) is 30.8 Å². The molecule has 1 saturated heterocycles. The van der Waals surface area contributed by atoms with E-state index in [9.17, 15) is 0 Å². The lowest BCUT2D eigenvalue weighted by Crippen LogP contribution is -2.54.